The second kappa shape index (κ2) is 7.45. The smallest absolute Gasteiger partial charge is 0.256 e. The number of nitrogens with zero attached hydrogens (tertiary/aromatic N) is 1. The third-order valence-corrected chi connectivity index (χ3v) is 5.07. The Bertz CT molecular complexity index is 1200. The van der Waals surface area contributed by atoms with Crippen LogP contribution < -0.4 is 5.32 Å². The van der Waals surface area contributed by atoms with Crippen LogP contribution in [-0.2, 0) is 0 Å². The maximum absolute atomic E-state index is 13.2. The Kier molecular flexibility index (Phi) is 4.84. The molecule has 138 valence electrons. The molecule has 4 rings (SSSR count). The Morgan fingerprint density at radius 3 is 2.46 bits per heavy atom. The van der Waals surface area contributed by atoms with Gasteiger partial charge in [0.25, 0.3) is 5.91 Å². The molecule has 0 aliphatic carbocycles. The molecule has 1 aromatic heterocycles. The van der Waals surface area contributed by atoms with E-state index >= 15 is 0 Å². The Hall–Kier alpha value is -3.17. The first-order valence-corrected chi connectivity index (χ1v) is 9.44. The number of nitrogens with one attached hydrogen (secondary N) is 1. The second-order valence-electron chi connectivity index (χ2n) is 6.82. The van der Waals surface area contributed by atoms with E-state index in [9.17, 15) is 4.79 Å². The van der Waals surface area contributed by atoms with Crippen molar-refractivity contribution in [3.8, 4) is 11.3 Å². The van der Waals surface area contributed by atoms with Crippen molar-refractivity contribution >= 4 is 34.1 Å². The van der Waals surface area contributed by atoms with Crippen LogP contribution in [0, 0.1) is 13.8 Å². The van der Waals surface area contributed by atoms with E-state index in [1.165, 1.54) is 0 Å². The summed E-state index contributed by atoms with van der Waals surface area (Å²) in [5.41, 5.74) is 5.79. The van der Waals surface area contributed by atoms with E-state index < -0.39 is 0 Å². The number of amides is 1. The van der Waals surface area contributed by atoms with Crippen LogP contribution in [0.5, 0.6) is 0 Å². The molecule has 1 N–H and O–H groups in total. The average molecular weight is 387 g/mol. The highest BCUT2D eigenvalue weighted by Gasteiger charge is 2.16. The molecule has 0 aliphatic rings. The van der Waals surface area contributed by atoms with Gasteiger partial charge in [-0.1, -0.05) is 65.7 Å². The van der Waals surface area contributed by atoms with E-state index in [2.05, 4.69) is 11.4 Å². The first-order valence-electron chi connectivity index (χ1n) is 9.06. The van der Waals surface area contributed by atoms with Gasteiger partial charge in [-0.15, -0.1) is 0 Å². The van der Waals surface area contributed by atoms with Crippen molar-refractivity contribution in [1.29, 1.82) is 0 Å². The fourth-order valence-corrected chi connectivity index (χ4v) is 3.55. The number of carbonyl (C=O) groups excluding carboxylic acids is 1. The van der Waals surface area contributed by atoms with E-state index in [-0.39, 0.29) is 5.91 Å². The highest BCUT2D eigenvalue weighted by Crippen LogP contribution is 2.30. The van der Waals surface area contributed by atoms with Gasteiger partial charge in [0.2, 0.25) is 0 Å². The maximum atomic E-state index is 13.2. The highest BCUT2D eigenvalue weighted by atomic mass is 35.5. The standard InChI is InChI=1S/C24H19ClN2O/c1-15-11-12-21(16(2)13-15)27-24(28)19-14-23(18-8-3-5-9-20(18)25)26-22-10-6-4-7-17(19)22/h3-14H,1-2H3,(H,27,28). The number of hydrogen-bond donors (Lipinski definition) is 1. The zero-order valence-corrected chi connectivity index (χ0v) is 16.4. The number of benzene rings is 3. The highest BCUT2D eigenvalue weighted by molar-refractivity contribution is 6.33. The molecule has 0 fully saturated rings. The van der Waals surface area contributed by atoms with Gasteiger partial charge in [-0.3, -0.25) is 4.79 Å². The fraction of sp³-hybridized carbons (Fsp3) is 0.0833. The topological polar surface area (TPSA) is 42.0 Å². The lowest BCUT2D eigenvalue weighted by Crippen LogP contribution is -2.14. The molecular formula is C24H19ClN2O. The first kappa shape index (κ1) is 18.2. The van der Waals surface area contributed by atoms with Crippen molar-refractivity contribution in [3.05, 3.63) is 94.5 Å². The molecular weight excluding hydrogens is 368 g/mol. The molecule has 0 radical (unpaired) electrons. The van der Waals surface area contributed by atoms with Crippen molar-refractivity contribution < 1.29 is 4.79 Å². The molecule has 0 aliphatic heterocycles. The van der Waals surface area contributed by atoms with Crippen LogP contribution in [-0.4, -0.2) is 10.9 Å². The number of para-hydroxylation sites is 1. The van der Waals surface area contributed by atoms with E-state index in [1.807, 2.05) is 80.6 Å². The van der Waals surface area contributed by atoms with Crippen molar-refractivity contribution in [2.75, 3.05) is 5.32 Å². The quantitative estimate of drug-likeness (QED) is 0.441. The molecule has 28 heavy (non-hydrogen) atoms. The SMILES string of the molecule is Cc1ccc(NC(=O)c2cc(-c3ccccc3Cl)nc3ccccc23)c(C)c1. The minimum absolute atomic E-state index is 0.168. The number of halogens is 1. The van der Waals surface area contributed by atoms with E-state index in [4.69, 9.17) is 16.6 Å². The van der Waals surface area contributed by atoms with Crippen LogP contribution in [0.25, 0.3) is 22.2 Å². The average Bonchev–Trinajstić information content (AvgIpc) is 2.69. The Balaban J connectivity index is 1.83. The van der Waals surface area contributed by atoms with Crippen LogP contribution in [0.15, 0.2) is 72.8 Å². The minimum atomic E-state index is -0.168. The lowest BCUT2D eigenvalue weighted by molar-refractivity contribution is 0.102. The molecule has 0 saturated heterocycles. The van der Waals surface area contributed by atoms with Crippen molar-refractivity contribution in [3.63, 3.8) is 0 Å². The number of fused-ring (bicyclic) bond motifs is 1. The summed E-state index contributed by atoms with van der Waals surface area (Å²) in [5, 5.41) is 4.45. The van der Waals surface area contributed by atoms with Crippen molar-refractivity contribution in [2.24, 2.45) is 0 Å². The summed E-state index contributed by atoms with van der Waals surface area (Å²) in [7, 11) is 0. The number of hydrogen-bond acceptors (Lipinski definition) is 2. The number of carbonyl (C=O) groups is 1. The van der Waals surface area contributed by atoms with Crippen LogP contribution in [0.1, 0.15) is 21.5 Å². The first-order chi connectivity index (χ1) is 13.5. The summed E-state index contributed by atoms with van der Waals surface area (Å²) in [4.78, 5) is 17.9. The van der Waals surface area contributed by atoms with Gasteiger partial charge < -0.3 is 5.32 Å². The maximum Gasteiger partial charge on any atom is 0.256 e. The largest absolute Gasteiger partial charge is 0.322 e. The van der Waals surface area contributed by atoms with Gasteiger partial charge in [0.05, 0.1) is 16.8 Å². The summed E-state index contributed by atoms with van der Waals surface area (Å²) < 4.78 is 0. The summed E-state index contributed by atoms with van der Waals surface area (Å²) in [6.07, 6.45) is 0. The summed E-state index contributed by atoms with van der Waals surface area (Å²) in [5.74, 6) is -0.168. The lowest BCUT2D eigenvalue weighted by atomic mass is 10.0. The Labute approximate surface area is 169 Å². The number of rotatable bonds is 3. The predicted octanol–water partition coefficient (Wildman–Crippen LogP) is 6.42. The second-order valence-corrected chi connectivity index (χ2v) is 7.23. The fourth-order valence-electron chi connectivity index (χ4n) is 3.31. The molecule has 3 aromatic carbocycles. The van der Waals surface area contributed by atoms with Crippen LogP contribution in [0.2, 0.25) is 5.02 Å². The van der Waals surface area contributed by atoms with E-state index in [1.54, 1.807) is 0 Å². The molecule has 0 bridgehead atoms. The molecule has 4 aromatic rings. The van der Waals surface area contributed by atoms with Crippen molar-refractivity contribution in [2.45, 2.75) is 13.8 Å². The number of aryl methyl sites for hydroxylation is 2. The van der Waals surface area contributed by atoms with Gasteiger partial charge in [-0.05, 0) is 43.7 Å². The van der Waals surface area contributed by atoms with Crippen LogP contribution in [0.3, 0.4) is 0 Å². The number of anilines is 1. The molecule has 0 saturated carbocycles. The molecule has 1 heterocycles. The summed E-state index contributed by atoms with van der Waals surface area (Å²) in [6, 6.07) is 22.9. The van der Waals surface area contributed by atoms with E-state index in [0.717, 1.165) is 33.3 Å². The zero-order chi connectivity index (χ0) is 19.7. The van der Waals surface area contributed by atoms with Crippen molar-refractivity contribution in [1.82, 2.24) is 4.98 Å². The Morgan fingerprint density at radius 1 is 0.929 bits per heavy atom. The summed E-state index contributed by atoms with van der Waals surface area (Å²) >= 11 is 6.37. The lowest BCUT2D eigenvalue weighted by Gasteiger charge is -2.13. The third kappa shape index (κ3) is 3.49. The van der Waals surface area contributed by atoms with Gasteiger partial charge >= 0.3 is 0 Å². The summed E-state index contributed by atoms with van der Waals surface area (Å²) in [6.45, 7) is 4.02. The molecule has 0 atom stereocenters. The van der Waals surface area contributed by atoms with Gasteiger partial charge in [0.15, 0.2) is 0 Å². The van der Waals surface area contributed by atoms with Gasteiger partial charge in [0.1, 0.15) is 0 Å². The van der Waals surface area contributed by atoms with Gasteiger partial charge in [-0.2, -0.15) is 0 Å². The van der Waals surface area contributed by atoms with Crippen LogP contribution in [0.4, 0.5) is 5.69 Å². The minimum Gasteiger partial charge on any atom is -0.322 e. The Morgan fingerprint density at radius 2 is 1.68 bits per heavy atom. The number of pyridine rings is 1. The van der Waals surface area contributed by atoms with Crippen LogP contribution >= 0.6 is 11.6 Å². The normalized spacial score (nSPS) is 10.8. The van der Waals surface area contributed by atoms with E-state index in [0.29, 0.717) is 16.3 Å². The molecule has 0 spiro atoms. The molecule has 3 nitrogen and oxygen atoms in total. The monoisotopic (exact) mass is 386 g/mol. The number of aromatic nitrogens is 1. The van der Waals surface area contributed by atoms with Gasteiger partial charge in [-0.25, -0.2) is 4.98 Å². The van der Waals surface area contributed by atoms with Gasteiger partial charge in [0, 0.05) is 21.7 Å². The third-order valence-electron chi connectivity index (χ3n) is 4.74. The molecule has 0 unspecified atom stereocenters. The molecule has 4 heteroatoms. The molecule has 1 amide bonds. The predicted molar refractivity (Wildman–Crippen MR) is 116 cm³/mol. The zero-order valence-electron chi connectivity index (χ0n) is 15.7.